The molecular weight excluding hydrogens is 266 g/mol. The summed E-state index contributed by atoms with van der Waals surface area (Å²) in [5, 5.41) is 9.10. The summed E-state index contributed by atoms with van der Waals surface area (Å²) >= 11 is 0. The fourth-order valence-electron chi connectivity index (χ4n) is 2.49. The molecule has 5 nitrogen and oxygen atoms in total. The summed E-state index contributed by atoms with van der Waals surface area (Å²) in [7, 11) is -3.73. The van der Waals surface area contributed by atoms with E-state index in [9.17, 15) is 13.2 Å². The smallest absolute Gasteiger partial charge is 0.322 e. The quantitative estimate of drug-likeness (QED) is 0.913. The van der Waals surface area contributed by atoms with Crippen molar-refractivity contribution in [1.29, 1.82) is 0 Å². The van der Waals surface area contributed by atoms with Crippen LogP contribution in [0.5, 0.6) is 0 Å². The maximum atomic E-state index is 12.5. The van der Waals surface area contributed by atoms with Gasteiger partial charge in [-0.3, -0.25) is 4.79 Å². The topological polar surface area (TPSA) is 74.7 Å². The number of carboxylic acid groups (broad SMARTS) is 1. The third kappa shape index (κ3) is 2.50. The molecule has 0 aromatic heterocycles. The molecular formula is C13H17NO4S. The number of hydrogen-bond acceptors (Lipinski definition) is 3. The van der Waals surface area contributed by atoms with Crippen molar-refractivity contribution in [3.05, 3.63) is 29.3 Å². The summed E-state index contributed by atoms with van der Waals surface area (Å²) in [5.74, 6) is -1.08. The molecule has 1 aliphatic heterocycles. The number of nitrogens with zero attached hydrogens (tertiary/aromatic N) is 1. The molecule has 0 spiro atoms. The molecule has 0 bridgehead atoms. The van der Waals surface area contributed by atoms with Gasteiger partial charge in [0.25, 0.3) is 0 Å². The molecule has 0 radical (unpaired) electrons. The first-order chi connectivity index (χ1) is 8.84. The summed E-state index contributed by atoms with van der Waals surface area (Å²) < 4.78 is 26.2. The van der Waals surface area contributed by atoms with Gasteiger partial charge in [0.1, 0.15) is 6.04 Å². The van der Waals surface area contributed by atoms with Crippen LogP contribution in [-0.4, -0.2) is 36.4 Å². The highest BCUT2D eigenvalue weighted by molar-refractivity contribution is 7.89. The number of benzene rings is 1. The Morgan fingerprint density at radius 3 is 2.63 bits per heavy atom. The lowest BCUT2D eigenvalue weighted by atomic mass is 10.2. The lowest BCUT2D eigenvalue weighted by Gasteiger charge is -2.22. The van der Waals surface area contributed by atoms with Crippen molar-refractivity contribution in [3.63, 3.8) is 0 Å². The van der Waals surface area contributed by atoms with Crippen LogP contribution in [0.25, 0.3) is 0 Å². The van der Waals surface area contributed by atoms with Crippen LogP contribution in [0.15, 0.2) is 23.1 Å². The zero-order chi connectivity index (χ0) is 14.2. The summed E-state index contributed by atoms with van der Waals surface area (Å²) in [6.07, 6.45) is 0.959. The minimum absolute atomic E-state index is 0.200. The van der Waals surface area contributed by atoms with Crippen LogP contribution in [0.2, 0.25) is 0 Å². The highest BCUT2D eigenvalue weighted by Crippen LogP contribution is 2.28. The molecule has 0 aliphatic carbocycles. The van der Waals surface area contributed by atoms with E-state index in [1.165, 1.54) is 0 Å². The maximum absolute atomic E-state index is 12.5. The van der Waals surface area contributed by atoms with Crippen LogP contribution in [0.4, 0.5) is 0 Å². The van der Waals surface area contributed by atoms with Gasteiger partial charge < -0.3 is 5.11 Å². The predicted octanol–water partition coefficient (Wildman–Crippen LogP) is 1.54. The second kappa shape index (κ2) is 4.94. The molecule has 1 aliphatic rings. The van der Waals surface area contributed by atoms with Gasteiger partial charge in [0, 0.05) is 6.54 Å². The van der Waals surface area contributed by atoms with Gasteiger partial charge in [0.2, 0.25) is 10.0 Å². The molecule has 2 rings (SSSR count). The Morgan fingerprint density at radius 2 is 2.05 bits per heavy atom. The number of sulfonamides is 1. The molecule has 0 saturated carbocycles. The fraction of sp³-hybridized carbons (Fsp3) is 0.462. The first kappa shape index (κ1) is 14.0. The number of carboxylic acids is 1. The van der Waals surface area contributed by atoms with E-state index in [-0.39, 0.29) is 11.4 Å². The highest BCUT2D eigenvalue weighted by atomic mass is 32.2. The summed E-state index contributed by atoms with van der Waals surface area (Å²) in [4.78, 5) is 11.3. The minimum Gasteiger partial charge on any atom is -0.480 e. The van der Waals surface area contributed by atoms with E-state index in [2.05, 4.69) is 0 Å². The van der Waals surface area contributed by atoms with Crippen molar-refractivity contribution in [2.75, 3.05) is 6.54 Å². The second-order valence-corrected chi connectivity index (χ2v) is 6.74. The number of aliphatic carboxylic acids is 1. The van der Waals surface area contributed by atoms with Crippen molar-refractivity contribution in [2.24, 2.45) is 0 Å². The van der Waals surface area contributed by atoms with Crippen molar-refractivity contribution < 1.29 is 18.3 Å². The average molecular weight is 283 g/mol. The van der Waals surface area contributed by atoms with Gasteiger partial charge in [-0.05, 0) is 38.3 Å². The molecule has 1 aromatic carbocycles. The Hall–Kier alpha value is -1.40. The van der Waals surface area contributed by atoms with Gasteiger partial charge in [0.15, 0.2) is 0 Å². The lowest BCUT2D eigenvalue weighted by Crippen LogP contribution is -2.40. The van der Waals surface area contributed by atoms with Crippen molar-refractivity contribution >= 4 is 16.0 Å². The molecule has 1 aromatic rings. The normalized spacial score (nSPS) is 20.6. The largest absolute Gasteiger partial charge is 0.480 e. The Bertz CT molecular complexity index is 609. The molecule has 0 amide bonds. The Morgan fingerprint density at radius 1 is 1.37 bits per heavy atom. The van der Waals surface area contributed by atoms with Gasteiger partial charge in [0.05, 0.1) is 4.90 Å². The average Bonchev–Trinajstić information content (AvgIpc) is 2.77. The van der Waals surface area contributed by atoms with Crippen LogP contribution in [0.1, 0.15) is 24.0 Å². The maximum Gasteiger partial charge on any atom is 0.322 e. The molecule has 104 valence electrons. The van der Waals surface area contributed by atoms with Gasteiger partial charge in [-0.15, -0.1) is 0 Å². The molecule has 1 fully saturated rings. The van der Waals surface area contributed by atoms with Gasteiger partial charge in [-0.1, -0.05) is 17.7 Å². The van der Waals surface area contributed by atoms with Gasteiger partial charge in [-0.2, -0.15) is 4.31 Å². The SMILES string of the molecule is Cc1ccc(S(=O)(=O)N2CCC[C@@H]2C(=O)O)c(C)c1. The molecule has 6 heteroatoms. The van der Waals surface area contributed by atoms with Crippen LogP contribution in [0.3, 0.4) is 0 Å². The first-order valence-electron chi connectivity index (χ1n) is 6.16. The Balaban J connectivity index is 2.45. The van der Waals surface area contributed by atoms with E-state index in [1.54, 1.807) is 25.1 Å². The van der Waals surface area contributed by atoms with Crippen LogP contribution < -0.4 is 0 Å². The summed E-state index contributed by atoms with van der Waals surface area (Å²) in [6, 6.07) is 4.13. The van der Waals surface area contributed by atoms with Gasteiger partial charge >= 0.3 is 5.97 Å². The minimum atomic E-state index is -3.73. The number of rotatable bonds is 3. The molecule has 1 saturated heterocycles. The fourth-order valence-corrected chi connectivity index (χ4v) is 4.35. The molecule has 1 atom stereocenters. The van der Waals surface area contributed by atoms with Crippen LogP contribution in [0, 0.1) is 13.8 Å². The predicted molar refractivity (Wildman–Crippen MR) is 70.5 cm³/mol. The van der Waals surface area contributed by atoms with Crippen LogP contribution >= 0.6 is 0 Å². The van der Waals surface area contributed by atoms with E-state index in [1.807, 2.05) is 6.92 Å². The summed E-state index contributed by atoms with van der Waals surface area (Å²) in [6.45, 7) is 3.89. The Labute approximate surface area is 112 Å². The van der Waals surface area contributed by atoms with Crippen molar-refractivity contribution in [1.82, 2.24) is 4.31 Å². The first-order valence-corrected chi connectivity index (χ1v) is 7.60. The second-order valence-electron chi connectivity index (χ2n) is 4.88. The molecule has 0 unspecified atom stereocenters. The zero-order valence-corrected chi connectivity index (χ0v) is 11.8. The number of hydrogen-bond donors (Lipinski definition) is 1. The van der Waals surface area contributed by atoms with E-state index in [0.717, 1.165) is 9.87 Å². The van der Waals surface area contributed by atoms with E-state index < -0.39 is 22.0 Å². The Kier molecular flexibility index (Phi) is 3.64. The van der Waals surface area contributed by atoms with Crippen LogP contribution in [-0.2, 0) is 14.8 Å². The standard InChI is InChI=1S/C13H17NO4S/c1-9-5-6-12(10(2)8-9)19(17,18)14-7-3-4-11(14)13(15)16/h5-6,8,11H,3-4,7H2,1-2H3,(H,15,16)/t11-/m1/s1. The highest BCUT2D eigenvalue weighted by Gasteiger charge is 2.39. The number of carbonyl (C=O) groups is 1. The van der Waals surface area contributed by atoms with E-state index >= 15 is 0 Å². The van der Waals surface area contributed by atoms with Crippen molar-refractivity contribution in [3.8, 4) is 0 Å². The molecule has 1 heterocycles. The van der Waals surface area contributed by atoms with Gasteiger partial charge in [-0.25, -0.2) is 8.42 Å². The molecule has 19 heavy (non-hydrogen) atoms. The van der Waals surface area contributed by atoms with E-state index in [0.29, 0.717) is 18.4 Å². The molecule has 1 N–H and O–H groups in total. The monoisotopic (exact) mass is 283 g/mol. The van der Waals surface area contributed by atoms with Crippen molar-refractivity contribution in [2.45, 2.75) is 37.6 Å². The number of aryl methyl sites for hydroxylation is 2. The third-order valence-electron chi connectivity index (χ3n) is 3.41. The summed E-state index contributed by atoms with van der Waals surface area (Å²) in [5.41, 5.74) is 1.63. The van der Waals surface area contributed by atoms with E-state index in [4.69, 9.17) is 5.11 Å². The third-order valence-corrected chi connectivity index (χ3v) is 5.47. The lowest BCUT2D eigenvalue weighted by molar-refractivity contribution is -0.140. The zero-order valence-electron chi connectivity index (χ0n) is 11.0.